The first kappa shape index (κ1) is 33.2. The van der Waals surface area contributed by atoms with E-state index in [1.165, 1.54) is 0 Å². The van der Waals surface area contributed by atoms with Gasteiger partial charge in [-0.3, -0.25) is 19.6 Å². The van der Waals surface area contributed by atoms with E-state index in [0.29, 0.717) is 37.0 Å². The number of ether oxygens (including phenoxy) is 1. The number of ketones is 3. The maximum atomic E-state index is 15.2. The van der Waals surface area contributed by atoms with Gasteiger partial charge in [0.25, 0.3) is 0 Å². The van der Waals surface area contributed by atoms with Gasteiger partial charge >= 0.3 is 0 Å². The van der Waals surface area contributed by atoms with Gasteiger partial charge in [0.15, 0.2) is 22.8 Å². The third kappa shape index (κ3) is 5.35. The van der Waals surface area contributed by atoms with Gasteiger partial charge < -0.3 is 4.74 Å². The molecule has 41 heavy (non-hydrogen) atoms. The molecule has 3 rings (SSSR count). The molecule has 5 atom stereocenters. The van der Waals surface area contributed by atoms with Crippen molar-refractivity contribution in [2.45, 2.75) is 126 Å². The molecular weight excluding hydrogens is 516 g/mol. The number of carbonyl (C=O) groups excluding carboxylic acids is 3. The molecule has 5 unspecified atom stereocenters. The predicted octanol–water partition coefficient (Wildman–Crippen LogP) is 8.13. The van der Waals surface area contributed by atoms with Crippen molar-refractivity contribution in [3.05, 3.63) is 46.3 Å². The van der Waals surface area contributed by atoms with Gasteiger partial charge in [0.05, 0.1) is 5.41 Å². The van der Waals surface area contributed by atoms with Gasteiger partial charge in [-0.05, 0) is 98.8 Å². The van der Waals surface area contributed by atoms with E-state index in [4.69, 9.17) is 9.62 Å². The number of hydrogen-bond acceptors (Lipinski definition) is 6. The van der Waals surface area contributed by atoms with E-state index in [0.717, 1.165) is 16.7 Å². The molecule has 2 bridgehead atoms. The molecule has 1 N–H and O–H groups in total. The summed E-state index contributed by atoms with van der Waals surface area (Å²) in [6.45, 7) is 21.2. The van der Waals surface area contributed by atoms with Gasteiger partial charge in [-0.1, -0.05) is 55.7 Å². The number of carbonyl (C=O) groups is 3. The fourth-order valence-electron chi connectivity index (χ4n) is 7.44. The third-order valence-corrected chi connectivity index (χ3v) is 9.89. The maximum Gasteiger partial charge on any atom is 0.184 e. The highest BCUT2D eigenvalue weighted by molar-refractivity contribution is 6.33. The molecule has 228 valence electrons. The molecule has 6 heteroatoms. The second-order valence-electron chi connectivity index (χ2n) is 14.5. The van der Waals surface area contributed by atoms with Crippen molar-refractivity contribution < 1.29 is 29.3 Å². The second kappa shape index (κ2) is 11.8. The van der Waals surface area contributed by atoms with Gasteiger partial charge in [0, 0.05) is 17.9 Å². The van der Waals surface area contributed by atoms with E-state index < -0.39 is 39.7 Å². The quantitative estimate of drug-likeness (QED) is 0.117. The smallest absolute Gasteiger partial charge is 0.184 e. The average molecular weight is 569 g/mol. The van der Waals surface area contributed by atoms with Crippen LogP contribution in [-0.2, 0) is 24.0 Å². The lowest BCUT2D eigenvalue weighted by molar-refractivity contribution is -0.332. The van der Waals surface area contributed by atoms with Crippen molar-refractivity contribution >= 4 is 17.3 Å². The summed E-state index contributed by atoms with van der Waals surface area (Å²) in [5.74, 6) is -1.23. The Morgan fingerprint density at radius 3 is 2.12 bits per heavy atom. The largest absolute Gasteiger partial charge is 0.490 e. The summed E-state index contributed by atoms with van der Waals surface area (Å²) in [6.07, 6.45) is 8.52. The van der Waals surface area contributed by atoms with Gasteiger partial charge in [0.2, 0.25) is 0 Å². The van der Waals surface area contributed by atoms with E-state index in [2.05, 4.69) is 12.2 Å². The molecule has 1 aliphatic heterocycles. The van der Waals surface area contributed by atoms with Gasteiger partial charge in [-0.25, -0.2) is 4.89 Å². The van der Waals surface area contributed by atoms with Crippen LogP contribution < -0.4 is 0 Å². The molecular formula is C35H52O6. The minimum absolute atomic E-state index is 0.118. The van der Waals surface area contributed by atoms with Gasteiger partial charge in [-0.2, -0.15) is 0 Å². The first-order valence-electron chi connectivity index (χ1n) is 15.2. The molecule has 6 nitrogen and oxygen atoms in total. The predicted molar refractivity (Wildman–Crippen MR) is 162 cm³/mol. The highest BCUT2D eigenvalue weighted by Gasteiger charge is 2.78. The third-order valence-electron chi connectivity index (χ3n) is 9.89. The summed E-state index contributed by atoms with van der Waals surface area (Å²) in [7, 11) is 0. The van der Waals surface area contributed by atoms with Crippen molar-refractivity contribution in [2.75, 3.05) is 0 Å². The minimum Gasteiger partial charge on any atom is -0.490 e. The topological polar surface area (TPSA) is 89.9 Å². The summed E-state index contributed by atoms with van der Waals surface area (Å²) in [6, 6.07) is 0. The SMILES string of the molecule is CC(C)=CCCC1(C)C(CC=C(C)C)CC23CC(C(C)(C)OO)OC2=C(CC=C(C)C)C(=O)C1(C(=O)C(C)C)C3=O. The van der Waals surface area contributed by atoms with Crippen LogP contribution in [0.2, 0.25) is 0 Å². The van der Waals surface area contributed by atoms with Crippen LogP contribution in [0.15, 0.2) is 46.3 Å². The lowest BCUT2D eigenvalue weighted by atomic mass is 9.38. The zero-order valence-electron chi connectivity index (χ0n) is 27.2. The maximum absolute atomic E-state index is 15.2. The van der Waals surface area contributed by atoms with Crippen LogP contribution in [0.25, 0.3) is 0 Å². The number of allylic oxidation sites excluding steroid dienone is 8. The van der Waals surface area contributed by atoms with Crippen LogP contribution in [0.5, 0.6) is 0 Å². The minimum atomic E-state index is -1.81. The normalized spacial score (nSPS) is 31.0. The van der Waals surface area contributed by atoms with E-state index in [1.807, 2.05) is 54.5 Å². The zero-order valence-corrected chi connectivity index (χ0v) is 27.2. The average Bonchev–Trinajstić information content (AvgIpc) is 3.26. The number of hydrogen-bond donors (Lipinski definition) is 1. The fraction of sp³-hybridized carbons (Fsp3) is 0.686. The Morgan fingerprint density at radius 2 is 1.61 bits per heavy atom. The second-order valence-corrected chi connectivity index (χ2v) is 14.5. The molecule has 1 spiro atoms. The van der Waals surface area contributed by atoms with Crippen molar-refractivity contribution in [2.24, 2.45) is 28.1 Å². The van der Waals surface area contributed by atoms with Crippen molar-refractivity contribution in [3.8, 4) is 0 Å². The molecule has 0 radical (unpaired) electrons. The number of Topliss-reactive ketones (excluding diaryl/α,β-unsaturated/α-hetero) is 3. The van der Waals surface area contributed by atoms with Crippen LogP contribution in [0.4, 0.5) is 0 Å². The van der Waals surface area contributed by atoms with Crippen LogP contribution >= 0.6 is 0 Å². The Bertz CT molecular complexity index is 1200. The molecule has 0 aromatic carbocycles. The van der Waals surface area contributed by atoms with Crippen LogP contribution in [0.3, 0.4) is 0 Å². The summed E-state index contributed by atoms with van der Waals surface area (Å²) in [5.41, 5.74) is -1.19. The number of rotatable bonds is 11. The van der Waals surface area contributed by atoms with Crippen molar-refractivity contribution in [3.63, 3.8) is 0 Å². The first-order valence-corrected chi connectivity index (χ1v) is 15.2. The molecule has 2 fully saturated rings. The van der Waals surface area contributed by atoms with Crippen LogP contribution in [0, 0.1) is 28.1 Å². The van der Waals surface area contributed by atoms with Crippen LogP contribution in [0.1, 0.15) is 115 Å². The van der Waals surface area contributed by atoms with Crippen LogP contribution in [-0.4, -0.2) is 34.3 Å². The van der Waals surface area contributed by atoms with Crippen molar-refractivity contribution in [1.29, 1.82) is 0 Å². The van der Waals surface area contributed by atoms with Gasteiger partial charge in [0.1, 0.15) is 17.5 Å². The number of fused-ring (bicyclic) bond motifs is 1. The molecule has 2 aliphatic carbocycles. The molecule has 1 heterocycles. The summed E-state index contributed by atoms with van der Waals surface area (Å²) in [5, 5.41) is 9.78. The highest BCUT2D eigenvalue weighted by atomic mass is 17.1. The van der Waals surface area contributed by atoms with Crippen molar-refractivity contribution in [1.82, 2.24) is 0 Å². The zero-order chi connectivity index (χ0) is 31.1. The Labute approximate surface area is 247 Å². The van der Waals surface area contributed by atoms with E-state index in [1.54, 1.807) is 27.7 Å². The summed E-state index contributed by atoms with van der Waals surface area (Å²) < 4.78 is 6.51. The Kier molecular flexibility index (Phi) is 9.52. The molecule has 0 aromatic rings. The Hall–Kier alpha value is -2.31. The van der Waals surface area contributed by atoms with E-state index >= 15 is 9.59 Å². The lowest BCUT2D eigenvalue weighted by Gasteiger charge is -2.60. The molecule has 1 saturated carbocycles. The fourth-order valence-corrected chi connectivity index (χ4v) is 7.44. The summed E-state index contributed by atoms with van der Waals surface area (Å²) >= 11 is 0. The Morgan fingerprint density at radius 1 is 1.02 bits per heavy atom. The monoisotopic (exact) mass is 568 g/mol. The highest BCUT2D eigenvalue weighted by Crippen LogP contribution is 2.70. The van der Waals surface area contributed by atoms with E-state index in [9.17, 15) is 10.1 Å². The van der Waals surface area contributed by atoms with E-state index in [-0.39, 0.29) is 30.3 Å². The lowest BCUT2D eigenvalue weighted by Crippen LogP contribution is -2.70. The Balaban J connectivity index is 2.45. The molecule has 0 aromatic heterocycles. The standard InChI is InChI=1S/C35H52O6/c1-21(2)13-12-18-33(11)25(16-14-22(3)4)19-34-20-27(32(9,10)41-39)40-30(34)26(17-15-23(5)6)29(37)35(33,31(34)38)28(36)24(7)8/h13-15,24-25,27,39H,12,16-20H2,1-11H3. The molecule has 1 saturated heterocycles. The molecule has 3 aliphatic rings. The first-order chi connectivity index (χ1) is 18.9. The molecule has 0 amide bonds. The van der Waals surface area contributed by atoms with Gasteiger partial charge in [-0.15, -0.1) is 0 Å². The summed E-state index contributed by atoms with van der Waals surface area (Å²) in [4.78, 5) is 49.8.